The lowest BCUT2D eigenvalue weighted by molar-refractivity contribution is 0.922. The maximum Gasteiger partial charge on any atom is 0.226 e. The Bertz CT molecular complexity index is 492. The number of nitrogens with one attached hydrogen (secondary N) is 2. The number of aromatic amines is 1. The first-order valence-electron chi connectivity index (χ1n) is 5.92. The molecule has 17 heavy (non-hydrogen) atoms. The summed E-state index contributed by atoms with van der Waals surface area (Å²) in [6.07, 6.45) is 2.81. The lowest BCUT2D eigenvalue weighted by Gasteiger charge is -2.17. The first kappa shape index (κ1) is 11.6. The highest BCUT2D eigenvalue weighted by Gasteiger charge is 2.11. The quantitative estimate of drug-likeness (QED) is 0.823. The standard InChI is InChI=1S/C11H18N6/c1-4-6-12-11-14-9-8(7-13-16-9)10(15-11)17(3)5-2/h7H,4-6H2,1-3H3,(H2,12,13,14,15,16). The van der Waals surface area contributed by atoms with Gasteiger partial charge in [-0.1, -0.05) is 6.92 Å². The zero-order valence-corrected chi connectivity index (χ0v) is 10.5. The second-order valence-electron chi connectivity index (χ2n) is 3.94. The van der Waals surface area contributed by atoms with E-state index >= 15 is 0 Å². The number of nitrogens with zero attached hydrogens (tertiary/aromatic N) is 4. The van der Waals surface area contributed by atoms with Gasteiger partial charge in [0.05, 0.1) is 11.6 Å². The summed E-state index contributed by atoms with van der Waals surface area (Å²) in [6, 6.07) is 0. The Balaban J connectivity index is 2.43. The van der Waals surface area contributed by atoms with Crippen molar-refractivity contribution in [3.05, 3.63) is 6.20 Å². The Morgan fingerprint density at radius 3 is 2.88 bits per heavy atom. The number of fused-ring (bicyclic) bond motifs is 1. The molecule has 0 bridgehead atoms. The number of anilines is 2. The third-order valence-electron chi connectivity index (χ3n) is 2.66. The highest BCUT2D eigenvalue weighted by molar-refractivity contribution is 5.87. The van der Waals surface area contributed by atoms with Gasteiger partial charge in [-0.2, -0.15) is 15.1 Å². The molecule has 0 aliphatic rings. The zero-order chi connectivity index (χ0) is 12.3. The van der Waals surface area contributed by atoms with Crippen molar-refractivity contribution in [2.75, 3.05) is 30.4 Å². The molecule has 2 aromatic heterocycles. The molecule has 0 radical (unpaired) electrons. The van der Waals surface area contributed by atoms with E-state index in [9.17, 15) is 0 Å². The van der Waals surface area contributed by atoms with Crippen LogP contribution in [0.15, 0.2) is 6.20 Å². The van der Waals surface area contributed by atoms with E-state index in [1.807, 2.05) is 7.05 Å². The summed E-state index contributed by atoms with van der Waals surface area (Å²) in [5, 5.41) is 11.1. The van der Waals surface area contributed by atoms with E-state index in [1.165, 1.54) is 0 Å². The molecule has 2 heterocycles. The highest BCUT2D eigenvalue weighted by Crippen LogP contribution is 2.22. The van der Waals surface area contributed by atoms with Gasteiger partial charge >= 0.3 is 0 Å². The van der Waals surface area contributed by atoms with Crippen LogP contribution in [-0.2, 0) is 0 Å². The second-order valence-corrected chi connectivity index (χ2v) is 3.94. The highest BCUT2D eigenvalue weighted by atomic mass is 15.2. The number of hydrogen-bond acceptors (Lipinski definition) is 5. The van der Waals surface area contributed by atoms with Gasteiger partial charge in [0, 0.05) is 20.1 Å². The predicted octanol–water partition coefficient (Wildman–Crippen LogP) is 1.63. The van der Waals surface area contributed by atoms with Crippen molar-refractivity contribution < 1.29 is 0 Å². The maximum atomic E-state index is 4.53. The Morgan fingerprint density at radius 2 is 2.18 bits per heavy atom. The van der Waals surface area contributed by atoms with Gasteiger partial charge in [-0.15, -0.1) is 0 Å². The molecule has 2 N–H and O–H groups in total. The fourth-order valence-corrected chi connectivity index (χ4v) is 1.58. The van der Waals surface area contributed by atoms with Crippen LogP contribution in [0.5, 0.6) is 0 Å². The molecule has 0 aromatic carbocycles. The van der Waals surface area contributed by atoms with Crippen molar-refractivity contribution >= 4 is 22.8 Å². The lowest BCUT2D eigenvalue weighted by atomic mass is 10.3. The Morgan fingerprint density at radius 1 is 1.35 bits per heavy atom. The Labute approximate surface area is 100 Å². The van der Waals surface area contributed by atoms with Crippen LogP contribution in [0.3, 0.4) is 0 Å². The molecule has 92 valence electrons. The first-order valence-corrected chi connectivity index (χ1v) is 5.92. The molecule has 6 nitrogen and oxygen atoms in total. The third kappa shape index (κ3) is 2.30. The summed E-state index contributed by atoms with van der Waals surface area (Å²) in [5.41, 5.74) is 0.772. The molecule has 6 heteroatoms. The van der Waals surface area contributed by atoms with E-state index in [4.69, 9.17) is 0 Å². The summed E-state index contributed by atoms with van der Waals surface area (Å²) in [6.45, 7) is 5.97. The largest absolute Gasteiger partial charge is 0.359 e. The average molecular weight is 234 g/mol. The molecule has 0 unspecified atom stereocenters. The van der Waals surface area contributed by atoms with Crippen LogP contribution >= 0.6 is 0 Å². The predicted molar refractivity (Wildman–Crippen MR) is 69.4 cm³/mol. The zero-order valence-electron chi connectivity index (χ0n) is 10.5. The average Bonchev–Trinajstić information content (AvgIpc) is 2.82. The van der Waals surface area contributed by atoms with Crippen molar-refractivity contribution in [1.29, 1.82) is 0 Å². The molecule has 0 spiro atoms. The number of H-pyrrole nitrogens is 1. The van der Waals surface area contributed by atoms with Gasteiger partial charge < -0.3 is 10.2 Å². The molecule has 2 rings (SSSR count). The van der Waals surface area contributed by atoms with Crippen molar-refractivity contribution in [1.82, 2.24) is 20.2 Å². The summed E-state index contributed by atoms with van der Waals surface area (Å²) in [5.74, 6) is 1.56. The molecule has 0 saturated carbocycles. The molecular formula is C11H18N6. The van der Waals surface area contributed by atoms with Gasteiger partial charge in [0.1, 0.15) is 5.82 Å². The van der Waals surface area contributed by atoms with Crippen LogP contribution in [0.1, 0.15) is 20.3 Å². The van der Waals surface area contributed by atoms with Crippen LogP contribution < -0.4 is 10.2 Å². The second kappa shape index (κ2) is 4.99. The molecule has 0 atom stereocenters. The fourth-order valence-electron chi connectivity index (χ4n) is 1.58. The van der Waals surface area contributed by atoms with Crippen LogP contribution in [-0.4, -0.2) is 40.3 Å². The van der Waals surface area contributed by atoms with Gasteiger partial charge in [0.2, 0.25) is 5.95 Å². The monoisotopic (exact) mass is 234 g/mol. The van der Waals surface area contributed by atoms with Crippen LogP contribution in [0.25, 0.3) is 11.0 Å². The van der Waals surface area contributed by atoms with E-state index in [1.54, 1.807) is 6.20 Å². The van der Waals surface area contributed by atoms with E-state index in [0.29, 0.717) is 5.95 Å². The van der Waals surface area contributed by atoms with E-state index in [-0.39, 0.29) is 0 Å². The Kier molecular flexibility index (Phi) is 3.41. The molecule has 0 saturated heterocycles. The number of hydrogen-bond donors (Lipinski definition) is 2. The van der Waals surface area contributed by atoms with Crippen molar-refractivity contribution in [2.45, 2.75) is 20.3 Å². The SMILES string of the molecule is CCCNc1nc(N(C)CC)c2cn[nH]c2n1. The summed E-state index contributed by atoms with van der Waals surface area (Å²) in [7, 11) is 2.01. The smallest absolute Gasteiger partial charge is 0.226 e. The summed E-state index contributed by atoms with van der Waals surface area (Å²) >= 11 is 0. The lowest BCUT2D eigenvalue weighted by Crippen LogP contribution is -2.18. The molecule has 2 aromatic rings. The summed E-state index contributed by atoms with van der Waals surface area (Å²) in [4.78, 5) is 11.0. The molecule has 0 aliphatic heterocycles. The minimum Gasteiger partial charge on any atom is -0.359 e. The van der Waals surface area contributed by atoms with Crippen LogP contribution in [0, 0.1) is 0 Å². The third-order valence-corrected chi connectivity index (χ3v) is 2.66. The molecule has 0 fully saturated rings. The molecular weight excluding hydrogens is 216 g/mol. The van der Waals surface area contributed by atoms with Gasteiger partial charge in [-0.25, -0.2) is 0 Å². The van der Waals surface area contributed by atoms with E-state index in [0.717, 1.165) is 36.4 Å². The van der Waals surface area contributed by atoms with E-state index in [2.05, 4.69) is 44.2 Å². The topological polar surface area (TPSA) is 69.7 Å². The van der Waals surface area contributed by atoms with Crippen molar-refractivity contribution in [3.8, 4) is 0 Å². The first-order chi connectivity index (χ1) is 8.26. The van der Waals surface area contributed by atoms with Crippen molar-refractivity contribution in [3.63, 3.8) is 0 Å². The summed E-state index contributed by atoms with van der Waals surface area (Å²) < 4.78 is 0. The number of rotatable bonds is 5. The van der Waals surface area contributed by atoms with Gasteiger partial charge in [0.25, 0.3) is 0 Å². The number of aromatic nitrogens is 4. The normalized spacial score (nSPS) is 10.8. The molecule has 0 aliphatic carbocycles. The van der Waals surface area contributed by atoms with E-state index < -0.39 is 0 Å². The minimum atomic E-state index is 0.652. The minimum absolute atomic E-state index is 0.652. The molecule has 0 amide bonds. The van der Waals surface area contributed by atoms with Gasteiger partial charge in [0.15, 0.2) is 5.65 Å². The van der Waals surface area contributed by atoms with Gasteiger partial charge in [-0.3, -0.25) is 5.10 Å². The fraction of sp³-hybridized carbons (Fsp3) is 0.545. The van der Waals surface area contributed by atoms with Crippen LogP contribution in [0.4, 0.5) is 11.8 Å². The van der Waals surface area contributed by atoms with Crippen molar-refractivity contribution in [2.24, 2.45) is 0 Å². The van der Waals surface area contributed by atoms with Gasteiger partial charge in [-0.05, 0) is 13.3 Å². The van der Waals surface area contributed by atoms with Crippen LogP contribution in [0.2, 0.25) is 0 Å². The maximum absolute atomic E-state index is 4.53. The Hall–Kier alpha value is -1.85.